The molecule has 4 nitrogen and oxygen atoms in total. The van der Waals surface area contributed by atoms with Crippen molar-refractivity contribution in [2.45, 2.75) is 32.2 Å². The summed E-state index contributed by atoms with van der Waals surface area (Å²) >= 11 is 0. The Kier molecular flexibility index (Phi) is 3.54. The van der Waals surface area contributed by atoms with Crippen LogP contribution in [0.4, 0.5) is 5.82 Å². The van der Waals surface area contributed by atoms with Crippen LogP contribution in [0.2, 0.25) is 0 Å². The van der Waals surface area contributed by atoms with E-state index in [1.54, 1.807) is 6.20 Å². The van der Waals surface area contributed by atoms with E-state index in [0.29, 0.717) is 11.6 Å². The van der Waals surface area contributed by atoms with E-state index in [0.717, 1.165) is 42.4 Å². The highest BCUT2D eigenvalue weighted by atomic mass is 16.1. The molecule has 1 saturated carbocycles. The number of nitrogens with zero attached hydrogens (tertiary/aromatic N) is 1. The summed E-state index contributed by atoms with van der Waals surface area (Å²) in [6.07, 6.45) is 4.90. The highest BCUT2D eigenvalue weighted by molar-refractivity contribution is 6.09. The minimum atomic E-state index is -0.0155. The Balaban J connectivity index is 1.98. The van der Waals surface area contributed by atoms with Crippen molar-refractivity contribution in [3.05, 3.63) is 36.0 Å². The lowest BCUT2D eigenvalue weighted by Crippen LogP contribution is -2.25. The van der Waals surface area contributed by atoms with Gasteiger partial charge in [0.15, 0.2) is 0 Å². The Bertz CT molecular complexity index is 635. The molecule has 0 spiro atoms. The topological polar surface area (TPSA) is 54.0 Å². The molecule has 3 rings (SSSR count). The first-order valence-electron chi connectivity index (χ1n) is 7.22. The summed E-state index contributed by atoms with van der Waals surface area (Å²) in [5.41, 5.74) is 0.662. The van der Waals surface area contributed by atoms with Gasteiger partial charge in [0.05, 0.1) is 5.56 Å². The minimum Gasteiger partial charge on any atom is -0.370 e. The second-order valence-electron chi connectivity index (χ2n) is 5.24. The highest BCUT2D eigenvalue weighted by Crippen LogP contribution is 2.26. The third kappa shape index (κ3) is 2.59. The van der Waals surface area contributed by atoms with Gasteiger partial charge in [-0.3, -0.25) is 4.79 Å². The van der Waals surface area contributed by atoms with E-state index >= 15 is 0 Å². The number of benzene rings is 1. The predicted molar refractivity (Wildman–Crippen MR) is 81.0 cm³/mol. The van der Waals surface area contributed by atoms with E-state index in [1.807, 2.05) is 24.3 Å². The van der Waals surface area contributed by atoms with Gasteiger partial charge < -0.3 is 10.6 Å². The molecule has 0 radical (unpaired) electrons. The molecular weight excluding hydrogens is 250 g/mol. The van der Waals surface area contributed by atoms with Crippen molar-refractivity contribution in [2.75, 3.05) is 11.9 Å². The summed E-state index contributed by atoms with van der Waals surface area (Å²) in [6, 6.07) is 8.28. The van der Waals surface area contributed by atoms with Crippen molar-refractivity contribution in [2.24, 2.45) is 0 Å². The van der Waals surface area contributed by atoms with Gasteiger partial charge in [0.1, 0.15) is 5.82 Å². The number of aromatic nitrogens is 1. The number of rotatable bonds is 5. The first-order valence-corrected chi connectivity index (χ1v) is 7.22. The molecule has 1 fully saturated rings. The molecule has 4 heteroatoms. The van der Waals surface area contributed by atoms with E-state index < -0.39 is 0 Å². The molecule has 1 aliphatic carbocycles. The maximum atomic E-state index is 12.3. The molecule has 0 aliphatic heterocycles. The molecule has 0 saturated heterocycles. The van der Waals surface area contributed by atoms with E-state index in [2.05, 4.69) is 22.5 Å². The van der Waals surface area contributed by atoms with E-state index in [4.69, 9.17) is 0 Å². The fourth-order valence-corrected chi connectivity index (χ4v) is 2.25. The second-order valence-corrected chi connectivity index (χ2v) is 5.24. The summed E-state index contributed by atoms with van der Waals surface area (Å²) in [5.74, 6) is 0.837. The molecule has 0 atom stereocenters. The van der Waals surface area contributed by atoms with Crippen LogP contribution < -0.4 is 10.6 Å². The number of hydrogen-bond acceptors (Lipinski definition) is 3. The summed E-state index contributed by atoms with van der Waals surface area (Å²) in [7, 11) is 0. The van der Waals surface area contributed by atoms with Gasteiger partial charge in [-0.15, -0.1) is 0 Å². The second kappa shape index (κ2) is 5.49. The van der Waals surface area contributed by atoms with Crippen LogP contribution in [0.1, 0.15) is 36.5 Å². The van der Waals surface area contributed by atoms with Crippen LogP contribution in [-0.4, -0.2) is 23.5 Å². The van der Waals surface area contributed by atoms with E-state index in [9.17, 15) is 4.79 Å². The molecule has 1 heterocycles. The molecule has 1 aliphatic rings. The molecule has 1 aromatic heterocycles. The van der Waals surface area contributed by atoms with Crippen molar-refractivity contribution in [3.8, 4) is 0 Å². The first-order chi connectivity index (χ1) is 9.79. The SMILES string of the molecule is CCCNc1ncc(C(=O)NC2CC2)c2ccccc12. The average molecular weight is 269 g/mol. The van der Waals surface area contributed by atoms with Gasteiger partial charge >= 0.3 is 0 Å². The molecule has 0 unspecified atom stereocenters. The molecule has 1 aromatic carbocycles. The smallest absolute Gasteiger partial charge is 0.253 e. The van der Waals surface area contributed by atoms with Crippen LogP contribution >= 0.6 is 0 Å². The summed E-state index contributed by atoms with van der Waals surface area (Å²) in [4.78, 5) is 16.7. The van der Waals surface area contributed by atoms with Crippen LogP contribution in [0.3, 0.4) is 0 Å². The lowest BCUT2D eigenvalue weighted by Gasteiger charge is -2.11. The predicted octanol–water partition coefficient (Wildman–Crippen LogP) is 2.95. The van der Waals surface area contributed by atoms with Crippen LogP contribution in [-0.2, 0) is 0 Å². The summed E-state index contributed by atoms with van der Waals surface area (Å²) in [5, 5.41) is 8.30. The summed E-state index contributed by atoms with van der Waals surface area (Å²) in [6.45, 7) is 3.00. The normalized spacial score (nSPS) is 14.2. The van der Waals surface area contributed by atoms with Gasteiger partial charge in [0.25, 0.3) is 5.91 Å². The van der Waals surface area contributed by atoms with Gasteiger partial charge in [-0.2, -0.15) is 0 Å². The largest absolute Gasteiger partial charge is 0.370 e. The number of fused-ring (bicyclic) bond motifs is 1. The number of pyridine rings is 1. The fourth-order valence-electron chi connectivity index (χ4n) is 2.25. The molecular formula is C16H19N3O. The minimum absolute atomic E-state index is 0.0155. The van der Waals surface area contributed by atoms with Gasteiger partial charge in [-0.05, 0) is 24.6 Å². The van der Waals surface area contributed by atoms with E-state index in [-0.39, 0.29) is 5.91 Å². The van der Waals surface area contributed by atoms with E-state index in [1.165, 1.54) is 0 Å². The first kappa shape index (κ1) is 12.9. The standard InChI is InChI=1S/C16H19N3O/c1-2-9-17-15-13-6-4-3-5-12(13)14(10-18-15)16(20)19-11-7-8-11/h3-6,10-11H,2,7-9H2,1H3,(H,17,18)(H,19,20). The van der Waals surface area contributed by atoms with Crippen LogP contribution in [0.5, 0.6) is 0 Å². The Morgan fingerprint density at radius 3 is 2.75 bits per heavy atom. The number of carbonyl (C=O) groups excluding carboxylic acids is 1. The Labute approximate surface area is 118 Å². The van der Waals surface area contributed by atoms with Gasteiger partial charge in [0.2, 0.25) is 0 Å². The van der Waals surface area contributed by atoms with Crippen LogP contribution in [0.25, 0.3) is 10.8 Å². The number of hydrogen-bond donors (Lipinski definition) is 2. The Hall–Kier alpha value is -2.10. The fraction of sp³-hybridized carbons (Fsp3) is 0.375. The highest BCUT2D eigenvalue weighted by Gasteiger charge is 2.24. The lowest BCUT2D eigenvalue weighted by molar-refractivity contribution is 0.0952. The third-order valence-corrected chi connectivity index (χ3v) is 3.49. The number of nitrogens with one attached hydrogen (secondary N) is 2. The van der Waals surface area contributed by atoms with Gasteiger partial charge in [-0.25, -0.2) is 4.98 Å². The molecule has 1 amide bonds. The van der Waals surface area contributed by atoms with Crippen LogP contribution in [0.15, 0.2) is 30.5 Å². The quantitative estimate of drug-likeness (QED) is 0.877. The molecule has 2 aromatic rings. The molecule has 20 heavy (non-hydrogen) atoms. The lowest BCUT2D eigenvalue weighted by atomic mass is 10.1. The van der Waals surface area contributed by atoms with Gasteiger partial charge in [0, 0.05) is 24.2 Å². The van der Waals surface area contributed by atoms with Crippen LogP contribution in [0, 0.1) is 0 Å². The van der Waals surface area contributed by atoms with Crippen molar-refractivity contribution in [3.63, 3.8) is 0 Å². The number of amides is 1. The molecule has 2 N–H and O–H groups in total. The maximum absolute atomic E-state index is 12.3. The van der Waals surface area contributed by atoms with Crippen molar-refractivity contribution >= 4 is 22.5 Å². The Morgan fingerprint density at radius 2 is 2.05 bits per heavy atom. The monoisotopic (exact) mass is 269 g/mol. The zero-order valence-electron chi connectivity index (χ0n) is 11.6. The Morgan fingerprint density at radius 1 is 1.30 bits per heavy atom. The van der Waals surface area contributed by atoms with Crippen molar-refractivity contribution in [1.82, 2.24) is 10.3 Å². The zero-order valence-corrected chi connectivity index (χ0v) is 11.6. The van der Waals surface area contributed by atoms with Crippen molar-refractivity contribution in [1.29, 1.82) is 0 Å². The summed E-state index contributed by atoms with van der Waals surface area (Å²) < 4.78 is 0. The van der Waals surface area contributed by atoms with Crippen molar-refractivity contribution < 1.29 is 4.79 Å². The average Bonchev–Trinajstić information content (AvgIpc) is 3.28. The number of carbonyl (C=O) groups is 1. The zero-order chi connectivity index (χ0) is 13.9. The maximum Gasteiger partial charge on any atom is 0.253 e. The number of anilines is 1. The molecule has 104 valence electrons. The van der Waals surface area contributed by atoms with Gasteiger partial charge in [-0.1, -0.05) is 31.2 Å². The third-order valence-electron chi connectivity index (χ3n) is 3.49. The molecule has 0 bridgehead atoms.